The number of amides is 1. The second-order valence-corrected chi connectivity index (χ2v) is 11.3. The van der Waals surface area contributed by atoms with Crippen LogP contribution in [0.25, 0.3) is 0 Å². The number of ether oxygens (including phenoxy) is 2. The van der Waals surface area contributed by atoms with E-state index in [1.165, 1.54) is 30.6 Å². The van der Waals surface area contributed by atoms with Crippen LogP contribution in [0.1, 0.15) is 39.7 Å². The zero-order valence-corrected chi connectivity index (χ0v) is 22.0. The number of methoxy groups -OCH3 is 1. The topological polar surface area (TPSA) is 102 Å². The first-order valence-corrected chi connectivity index (χ1v) is 13.9. The number of fused-ring (bicyclic) bond motifs is 1. The number of thiophene rings is 1. The minimum absolute atomic E-state index is 0.0451. The fourth-order valence-electron chi connectivity index (χ4n) is 4.22. The van der Waals surface area contributed by atoms with E-state index < -0.39 is 28.4 Å². The molecule has 0 aliphatic heterocycles. The van der Waals surface area contributed by atoms with Crippen molar-refractivity contribution in [1.29, 1.82) is 0 Å². The predicted molar refractivity (Wildman–Crippen MR) is 140 cm³/mol. The summed E-state index contributed by atoms with van der Waals surface area (Å²) in [5.74, 6) is -0.750. The van der Waals surface area contributed by atoms with Crippen molar-refractivity contribution < 1.29 is 27.5 Å². The molecule has 0 saturated carbocycles. The molecule has 0 unspecified atom stereocenters. The number of esters is 1. The standard InChI is InChI=1S/C26H28N2O6S2/c1-4-34-26(30)24-19-11-8-12-22(19)35-25(24)27-23(29)16-28(20-15-17(2)13-14-21(20)33-3)36(31,32)18-9-6-5-7-10-18/h5-7,9-10,13-15H,4,8,11-12,16H2,1-3H3,(H,27,29). The number of carbonyl (C=O) groups excluding carboxylic acids is 2. The van der Waals surface area contributed by atoms with Crippen molar-refractivity contribution >= 4 is 43.9 Å². The van der Waals surface area contributed by atoms with E-state index in [1.807, 2.05) is 6.92 Å². The Bertz CT molecular complexity index is 1380. The van der Waals surface area contributed by atoms with E-state index in [9.17, 15) is 18.0 Å². The average molecular weight is 529 g/mol. The van der Waals surface area contributed by atoms with Gasteiger partial charge in [0.1, 0.15) is 17.3 Å². The Balaban J connectivity index is 1.71. The number of hydrogen-bond acceptors (Lipinski definition) is 7. The largest absolute Gasteiger partial charge is 0.495 e. The van der Waals surface area contributed by atoms with Crippen LogP contribution < -0.4 is 14.4 Å². The van der Waals surface area contributed by atoms with Crippen LogP contribution in [0.2, 0.25) is 0 Å². The van der Waals surface area contributed by atoms with Gasteiger partial charge < -0.3 is 14.8 Å². The van der Waals surface area contributed by atoms with Crippen LogP contribution in [-0.4, -0.2) is 40.6 Å². The highest BCUT2D eigenvalue weighted by atomic mass is 32.2. The van der Waals surface area contributed by atoms with Crippen molar-refractivity contribution in [3.05, 3.63) is 70.1 Å². The summed E-state index contributed by atoms with van der Waals surface area (Å²) in [4.78, 5) is 27.1. The lowest BCUT2D eigenvalue weighted by Crippen LogP contribution is -2.38. The summed E-state index contributed by atoms with van der Waals surface area (Å²) < 4.78 is 39.1. The summed E-state index contributed by atoms with van der Waals surface area (Å²) in [6.07, 6.45) is 2.51. The molecule has 2 aromatic carbocycles. The Morgan fingerprint density at radius 3 is 2.56 bits per heavy atom. The molecular weight excluding hydrogens is 500 g/mol. The second-order valence-electron chi connectivity index (χ2n) is 8.33. The van der Waals surface area contributed by atoms with Crippen molar-refractivity contribution in [3.8, 4) is 5.75 Å². The van der Waals surface area contributed by atoms with Crippen LogP contribution in [0.4, 0.5) is 10.7 Å². The second kappa shape index (κ2) is 10.7. The maximum Gasteiger partial charge on any atom is 0.341 e. The van der Waals surface area contributed by atoms with Crippen LogP contribution in [0.15, 0.2) is 53.4 Å². The van der Waals surface area contributed by atoms with E-state index in [2.05, 4.69) is 5.32 Å². The quantitative estimate of drug-likeness (QED) is 0.409. The molecule has 0 radical (unpaired) electrons. The first-order valence-electron chi connectivity index (χ1n) is 11.6. The fourth-order valence-corrected chi connectivity index (χ4v) is 6.96. The number of hydrogen-bond donors (Lipinski definition) is 1. The molecule has 0 bridgehead atoms. The molecule has 1 aliphatic carbocycles. The Labute approximate surface area is 214 Å². The van der Waals surface area contributed by atoms with E-state index in [1.54, 1.807) is 43.3 Å². The number of nitrogens with one attached hydrogen (secondary N) is 1. The monoisotopic (exact) mass is 528 g/mol. The smallest absolute Gasteiger partial charge is 0.341 e. The van der Waals surface area contributed by atoms with Gasteiger partial charge in [-0.1, -0.05) is 24.3 Å². The number of aryl methyl sites for hydroxylation is 2. The lowest BCUT2D eigenvalue weighted by atomic mass is 10.1. The summed E-state index contributed by atoms with van der Waals surface area (Å²) >= 11 is 1.34. The van der Waals surface area contributed by atoms with Crippen molar-refractivity contribution in [3.63, 3.8) is 0 Å². The normalized spacial score (nSPS) is 12.6. The van der Waals surface area contributed by atoms with Gasteiger partial charge in [0.15, 0.2) is 0 Å². The van der Waals surface area contributed by atoms with E-state index in [4.69, 9.17) is 9.47 Å². The van der Waals surface area contributed by atoms with Gasteiger partial charge in [-0.05, 0) is 68.5 Å². The molecule has 190 valence electrons. The number of nitrogens with zero attached hydrogens (tertiary/aromatic N) is 1. The maximum atomic E-state index is 13.7. The number of rotatable bonds is 9. The minimum Gasteiger partial charge on any atom is -0.495 e. The Hall–Kier alpha value is -3.37. The highest BCUT2D eigenvalue weighted by Crippen LogP contribution is 2.40. The Kier molecular flexibility index (Phi) is 7.65. The molecule has 3 aromatic rings. The molecule has 1 aromatic heterocycles. The molecule has 1 heterocycles. The van der Waals surface area contributed by atoms with Gasteiger partial charge in [-0.3, -0.25) is 9.10 Å². The minimum atomic E-state index is -4.12. The fraction of sp³-hybridized carbons (Fsp3) is 0.308. The summed E-state index contributed by atoms with van der Waals surface area (Å²) in [6.45, 7) is 3.26. The molecule has 4 rings (SSSR count). The van der Waals surface area contributed by atoms with Gasteiger partial charge in [-0.15, -0.1) is 11.3 Å². The van der Waals surface area contributed by atoms with Crippen LogP contribution in [0.3, 0.4) is 0 Å². The molecule has 0 saturated heterocycles. The van der Waals surface area contributed by atoms with Crippen LogP contribution in [0, 0.1) is 6.92 Å². The van der Waals surface area contributed by atoms with Crippen molar-refractivity contribution in [2.75, 3.05) is 29.9 Å². The van der Waals surface area contributed by atoms with Crippen LogP contribution in [-0.2, 0) is 32.4 Å². The Morgan fingerprint density at radius 2 is 1.86 bits per heavy atom. The first kappa shape index (κ1) is 25.7. The van der Waals surface area contributed by atoms with Gasteiger partial charge >= 0.3 is 5.97 Å². The third-order valence-electron chi connectivity index (χ3n) is 5.88. The number of benzene rings is 2. The number of sulfonamides is 1. The van der Waals surface area contributed by atoms with E-state index >= 15 is 0 Å². The molecule has 1 N–H and O–H groups in total. The zero-order chi connectivity index (χ0) is 25.9. The summed E-state index contributed by atoms with van der Waals surface area (Å²) in [7, 11) is -2.67. The van der Waals surface area contributed by atoms with Crippen LogP contribution in [0.5, 0.6) is 5.75 Å². The molecule has 36 heavy (non-hydrogen) atoms. The average Bonchev–Trinajstić information content (AvgIpc) is 3.44. The summed E-state index contributed by atoms with van der Waals surface area (Å²) in [6, 6.07) is 13.0. The molecule has 0 fully saturated rings. The van der Waals surface area contributed by atoms with E-state index in [0.717, 1.165) is 39.6 Å². The highest BCUT2D eigenvalue weighted by Gasteiger charge is 2.32. The lowest BCUT2D eigenvalue weighted by molar-refractivity contribution is -0.114. The van der Waals surface area contributed by atoms with E-state index in [-0.39, 0.29) is 17.2 Å². The van der Waals surface area contributed by atoms with Crippen LogP contribution >= 0.6 is 11.3 Å². The lowest BCUT2D eigenvalue weighted by Gasteiger charge is -2.26. The van der Waals surface area contributed by atoms with Crippen molar-refractivity contribution in [2.24, 2.45) is 0 Å². The van der Waals surface area contributed by atoms with Crippen molar-refractivity contribution in [2.45, 2.75) is 38.0 Å². The summed E-state index contributed by atoms with van der Waals surface area (Å²) in [5.41, 5.74) is 2.32. The van der Waals surface area contributed by atoms with Gasteiger partial charge in [0, 0.05) is 4.88 Å². The van der Waals surface area contributed by atoms with Gasteiger partial charge in [0.05, 0.1) is 29.9 Å². The molecule has 10 heteroatoms. The highest BCUT2D eigenvalue weighted by molar-refractivity contribution is 7.92. The molecule has 0 spiro atoms. The SMILES string of the molecule is CCOC(=O)c1c(NC(=O)CN(c2cc(C)ccc2OC)S(=O)(=O)c2ccccc2)sc2c1CCC2. The Morgan fingerprint density at radius 1 is 1.11 bits per heavy atom. The molecule has 8 nitrogen and oxygen atoms in total. The molecular formula is C26H28N2O6S2. The maximum absolute atomic E-state index is 13.7. The van der Waals surface area contributed by atoms with Crippen molar-refractivity contribution in [1.82, 2.24) is 0 Å². The molecule has 1 aliphatic rings. The molecule has 1 amide bonds. The van der Waals surface area contributed by atoms with Gasteiger partial charge in [0.25, 0.3) is 10.0 Å². The van der Waals surface area contributed by atoms with E-state index in [0.29, 0.717) is 16.3 Å². The van der Waals surface area contributed by atoms with Gasteiger partial charge in [-0.25, -0.2) is 13.2 Å². The first-order chi connectivity index (χ1) is 17.3. The predicted octanol–water partition coefficient (Wildman–Crippen LogP) is 4.56. The number of anilines is 2. The van der Waals surface area contributed by atoms with Gasteiger partial charge in [-0.2, -0.15) is 0 Å². The molecule has 0 atom stereocenters. The zero-order valence-electron chi connectivity index (χ0n) is 20.4. The third-order valence-corrected chi connectivity index (χ3v) is 8.86. The summed E-state index contributed by atoms with van der Waals surface area (Å²) in [5, 5.41) is 3.17. The number of carbonyl (C=O) groups is 2. The third kappa shape index (κ3) is 5.10. The van der Waals surface area contributed by atoms with Gasteiger partial charge in [0.2, 0.25) is 5.91 Å².